The second-order valence-electron chi connectivity index (χ2n) is 5.43. The van der Waals surface area contributed by atoms with Crippen LogP contribution in [0.25, 0.3) is 6.08 Å². The largest absolute Gasteiger partial charge is 0.497 e. The minimum Gasteiger partial charge on any atom is -0.497 e. The standard InChI is InChI=1S/C19H20N2O4/c1-3-18(15-8-10-17(25-2)11-9-15)20-19(22)12-7-14-5-4-6-16(13-14)21(23)24/h4-13,18H,3H2,1-2H3,(H,20,22)/b12-7+/t18-/m0/s1. The van der Waals surface area contributed by atoms with Crippen molar-refractivity contribution in [3.63, 3.8) is 0 Å². The van der Waals surface area contributed by atoms with E-state index in [0.717, 1.165) is 17.7 Å². The molecule has 1 atom stereocenters. The summed E-state index contributed by atoms with van der Waals surface area (Å²) < 4.78 is 5.13. The highest BCUT2D eigenvalue weighted by molar-refractivity contribution is 5.92. The van der Waals surface area contributed by atoms with Crippen molar-refractivity contribution < 1.29 is 14.5 Å². The van der Waals surface area contributed by atoms with Crippen molar-refractivity contribution in [1.29, 1.82) is 0 Å². The van der Waals surface area contributed by atoms with Gasteiger partial charge in [-0.3, -0.25) is 14.9 Å². The number of methoxy groups -OCH3 is 1. The van der Waals surface area contributed by atoms with E-state index in [9.17, 15) is 14.9 Å². The number of non-ortho nitro benzene ring substituents is 1. The summed E-state index contributed by atoms with van der Waals surface area (Å²) >= 11 is 0. The molecule has 0 spiro atoms. The second-order valence-corrected chi connectivity index (χ2v) is 5.43. The summed E-state index contributed by atoms with van der Waals surface area (Å²) in [5.74, 6) is 0.504. The van der Waals surface area contributed by atoms with Gasteiger partial charge in [-0.25, -0.2) is 0 Å². The van der Waals surface area contributed by atoms with Crippen LogP contribution in [-0.2, 0) is 4.79 Å². The number of carbonyl (C=O) groups is 1. The monoisotopic (exact) mass is 340 g/mol. The highest BCUT2D eigenvalue weighted by Crippen LogP contribution is 2.20. The molecule has 0 heterocycles. The van der Waals surface area contributed by atoms with E-state index in [-0.39, 0.29) is 17.6 Å². The molecule has 0 saturated carbocycles. The molecule has 130 valence electrons. The van der Waals surface area contributed by atoms with Crippen molar-refractivity contribution in [2.75, 3.05) is 7.11 Å². The van der Waals surface area contributed by atoms with Crippen LogP contribution in [-0.4, -0.2) is 17.9 Å². The third-order valence-electron chi connectivity index (χ3n) is 3.75. The number of hydrogen-bond donors (Lipinski definition) is 1. The van der Waals surface area contributed by atoms with Gasteiger partial charge in [0.05, 0.1) is 18.1 Å². The van der Waals surface area contributed by atoms with Gasteiger partial charge in [-0.1, -0.05) is 31.2 Å². The smallest absolute Gasteiger partial charge is 0.270 e. The SMILES string of the molecule is CC[C@H](NC(=O)/C=C/c1cccc([N+](=O)[O-])c1)c1ccc(OC)cc1. The van der Waals surface area contributed by atoms with Crippen LogP contribution in [0.15, 0.2) is 54.6 Å². The number of nitro benzene ring substituents is 1. The van der Waals surface area contributed by atoms with E-state index in [4.69, 9.17) is 4.74 Å². The zero-order valence-electron chi connectivity index (χ0n) is 14.1. The lowest BCUT2D eigenvalue weighted by Gasteiger charge is -2.16. The van der Waals surface area contributed by atoms with Crippen molar-refractivity contribution in [1.82, 2.24) is 5.32 Å². The molecule has 0 radical (unpaired) electrons. The Hall–Kier alpha value is -3.15. The molecular weight excluding hydrogens is 320 g/mol. The number of nitrogens with zero attached hydrogens (tertiary/aromatic N) is 1. The van der Waals surface area contributed by atoms with Gasteiger partial charge in [0, 0.05) is 18.2 Å². The molecule has 25 heavy (non-hydrogen) atoms. The second kappa shape index (κ2) is 8.63. The fourth-order valence-electron chi connectivity index (χ4n) is 2.39. The zero-order chi connectivity index (χ0) is 18.2. The average molecular weight is 340 g/mol. The first-order chi connectivity index (χ1) is 12.0. The number of hydrogen-bond acceptors (Lipinski definition) is 4. The molecule has 2 aromatic carbocycles. The summed E-state index contributed by atoms with van der Waals surface area (Å²) in [4.78, 5) is 22.5. The molecule has 6 nitrogen and oxygen atoms in total. The number of nitrogens with one attached hydrogen (secondary N) is 1. The number of carbonyl (C=O) groups excluding carboxylic acids is 1. The Morgan fingerprint density at radius 3 is 2.60 bits per heavy atom. The van der Waals surface area contributed by atoms with Crippen molar-refractivity contribution in [2.45, 2.75) is 19.4 Å². The van der Waals surface area contributed by atoms with Crippen LogP contribution in [0.5, 0.6) is 5.75 Å². The molecule has 0 fully saturated rings. The molecule has 0 aliphatic heterocycles. The maximum atomic E-state index is 12.1. The molecule has 0 aromatic heterocycles. The normalized spacial score (nSPS) is 11.9. The van der Waals surface area contributed by atoms with Crippen molar-refractivity contribution in [3.8, 4) is 5.75 Å². The minimum absolute atomic E-state index is 0.00720. The Balaban J connectivity index is 2.04. The van der Waals surface area contributed by atoms with Crippen molar-refractivity contribution in [3.05, 3.63) is 75.8 Å². The van der Waals surface area contributed by atoms with E-state index in [1.165, 1.54) is 18.2 Å². The summed E-state index contributed by atoms with van der Waals surface area (Å²) in [5, 5.41) is 13.7. The third kappa shape index (κ3) is 5.17. The maximum absolute atomic E-state index is 12.1. The summed E-state index contributed by atoms with van der Waals surface area (Å²) in [7, 11) is 1.60. The van der Waals surface area contributed by atoms with Gasteiger partial charge in [-0.2, -0.15) is 0 Å². The lowest BCUT2D eigenvalue weighted by Crippen LogP contribution is -2.26. The fourth-order valence-corrected chi connectivity index (χ4v) is 2.39. The molecule has 1 N–H and O–H groups in total. The van der Waals surface area contributed by atoms with E-state index in [0.29, 0.717) is 5.56 Å². The molecule has 6 heteroatoms. The van der Waals surface area contributed by atoms with Crippen LogP contribution in [0.4, 0.5) is 5.69 Å². The van der Waals surface area contributed by atoms with Gasteiger partial charge in [0.2, 0.25) is 5.91 Å². The predicted molar refractivity (Wildman–Crippen MR) is 96.3 cm³/mol. The lowest BCUT2D eigenvalue weighted by molar-refractivity contribution is -0.384. The maximum Gasteiger partial charge on any atom is 0.270 e. The first kappa shape index (κ1) is 18.2. The number of amides is 1. The van der Waals surface area contributed by atoms with Gasteiger partial charge in [0.15, 0.2) is 0 Å². The van der Waals surface area contributed by atoms with Crippen molar-refractivity contribution in [2.24, 2.45) is 0 Å². The predicted octanol–water partition coefficient (Wildman–Crippen LogP) is 3.88. The van der Waals surface area contributed by atoms with E-state index < -0.39 is 4.92 Å². The zero-order valence-corrected chi connectivity index (χ0v) is 14.1. The topological polar surface area (TPSA) is 81.5 Å². The Morgan fingerprint density at radius 1 is 1.28 bits per heavy atom. The molecular formula is C19H20N2O4. The van der Waals surface area contributed by atoms with Gasteiger partial charge in [-0.15, -0.1) is 0 Å². The Labute approximate surface area is 146 Å². The summed E-state index contributed by atoms with van der Waals surface area (Å²) in [5.41, 5.74) is 1.58. The van der Waals surface area contributed by atoms with E-state index in [1.807, 2.05) is 31.2 Å². The molecule has 0 aliphatic rings. The highest BCUT2D eigenvalue weighted by Gasteiger charge is 2.11. The highest BCUT2D eigenvalue weighted by atomic mass is 16.6. The minimum atomic E-state index is -0.464. The summed E-state index contributed by atoms with van der Waals surface area (Å²) in [6.45, 7) is 1.99. The van der Waals surface area contributed by atoms with Gasteiger partial charge >= 0.3 is 0 Å². The van der Waals surface area contributed by atoms with Gasteiger partial charge in [0.25, 0.3) is 5.69 Å². The average Bonchev–Trinajstić information content (AvgIpc) is 2.64. The van der Waals surface area contributed by atoms with Gasteiger partial charge in [-0.05, 0) is 35.8 Å². The Bertz CT molecular complexity index is 769. The first-order valence-corrected chi connectivity index (χ1v) is 7.90. The van der Waals surface area contributed by atoms with Crippen LogP contribution >= 0.6 is 0 Å². The third-order valence-corrected chi connectivity index (χ3v) is 3.75. The Kier molecular flexibility index (Phi) is 6.28. The first-order valence-electron chi connectivity index (χ1n) is 7.90. The fraction of sp³-hybridized carbons (Fsp3) is 0.211. The molecule has 0 saturated heterocycles. The molecule has 0 aliphatic carbocycles. The van der Waals surface area contributed by atoms with Crippen LogP contribution in [0.1, 0.15) is 30.5 Å². The van der Waals surface area contributed by atoms with Gasteiger partial charge < -0.3 is 10.1 Å². The van der Waals surface area contributed by atoms with Crippen LogP contribution < -0.4 is 10.1 Å². The van der Waals surface area contributed by atoms with Crippen LogP contribution in [0, 0.1) is 10.1 Å². The van der Waals surface area contributed by atoms with Crippen LogP contribution in [0.2, 0.25) is 0 Å². The van der Waals surface area contributed by atoms with Gasteiger partial charge in [0.1, 0.15) is 5.75 Å². The number of benzene rings is 2. The molecule has 2 aromatic rings. The van der Waals surface area contributed by atoms with E-state index in [1.54, 1.807) is 25.3 Å². The molecule has 0 unspecified atom stereocenters. The number of rotatable bonds is 7. The summed E-state index contributed by atoms with van der Waals surface area (Å²) in [6, 6.07) is 13.5. The van der Waals surface area contributed by atoms with Crippen LogP contribution in [0.3, 0.4) is 0 Å². The molecule has 2 rings (SSSR count). The van der Waals surface area contributed by atoms with Crippen molar-refractivity contribution >= 4 is 17.7 Å². The Morgan fingerprint density at radius 2 is 2.00 bits per heavy atom. The van der Waals surface area contributed by atoms with E-state index in [2.05, 4.69) is 5.32 Å². The van der Waals surface area contributed by atoms with E-state index >= 15 is 0 Å². The molecule has 0 bridgehead atoms. The number of ether oxygens (including phenoxy) is 1. The number of nitro groups is 1. The molecule has 1 amide bonds. The lowest BCUT2D eigenvalue weighted by atomic mass is 10.0. The quantitative estimate of drug-likeness (QED) is 0.471. The summed E-state index contributed by atoms with van der Waals surface area (Å²) in [6.07, 6.45) is 3.68.